The highest BCUT2D eigenvalue weighted by Crippen LogP contribution is 2.11. The van der Waals surface area contributed by atoms with Crippen LogP contribution in [0.15, 0.2) is 47.1 Å². The summed E-state index contributed by atoms with van der Waals surface area (Å²) < 4.78 is 31.8. The van der Waals surface area contributed by atoms with Crippen LogP contribution in [0.2, 0.25) is 0 Å². The normalized spacial score (nSPS) is 10.7. The number of rotatable bonds is 6. The Morgan fingerprint density at radius 1 is 1.04 bits per heavy atom. The van der Waals surface area contributed by atoms with Gasteiger partial charge < -0.3 is 15.1 Å². The molecule has 7 heteroatoms. The summed E-state index contributed by atoms with van der Waals surface area (Å²) >= 11 is 0. The molecule has 0 saturated carbocycles. The van der Waals surface area contributed by atoms with Crippen LogP contribution in [-0.2, 0) is 4.79 Å². The Labute approximate surface area is 131 Å². The van der Waals surface area contributed by atoms with E-state index in [9.17, 15) is 18.4 Å². The van der Waals surface area contributed by atoms with Gasteiger partial charge in [-0.2, -0.15) is 0 Å². The molecule has 0 aliphatic rings. The molecular formula is C16H14F2N2O3. The van der Waals surface area contributed by atoms with E-state index in [-0.39, 0.29) is 19.0 Å². The van der Waals surface area contributed by atoms with Crippen molar-refractivity contribution in [2.45, 2.75) is 0 Å². The summed E-state index contributed by atoms with van der Waals surface area (Å²) in [5.74, 6) is -2.60. The van der Waals surface area contributed by atoms with E-state index in [1.165, 1.54) is 24.5 Å². The fourth-order valence-electron chi connectivity index (χ4n) is 1.77. The SMILES string of the molecule is O=C(C=Cc1ccco1)NCCNC(=O)c1c(F)cccc1F. The van der Waals surface area contributed by atoms with Crippen LogP contribution < -0.4 is 10.6 Å². The van der Waals surface area contributed by atoms with Gasteiger partial charge in [0.2, 0.25) is 5.91 Å². The van der Waals surface area contributed by atoms with Gasteiger partial charge in [-0.3, -0.25) is 9.59 Å². The zero-order chi connectivity index (χ0) is 16.7. The van der Waals surface area contributed by atoms with E-state index in [0.29, 0.717) is 5.76 Å². The molecule has 2 N–H and O–H groups in total. The number of halogens is 2. The van der Waals surface area contributed by atoms with Gasteiger partial charge in [0.15, 0.2) is 0 Å². The Morgan fingerprint density at radius 2 is 1.74 bits per heavy atom. The maximum Gasteiger partial charge on any atom is 0.257 e. The molecule has 120 valence electrons. The lowest BCUT2D eigenvalue weighted by atomic mass is 10.2. The number of amides is 2. The zero-order valence-electron chi connectivity index (χ0n) is 12.0. The molecule has 2 rings (SSSR count). The number of carbonyl (C=O) groups excluding carboxylic acids is 2. The van der Waals surface area contributed by atoms with E-state index in [4.69, 9.17) is 4.42 Å². The van der Waals surface area contributed by atoms with Gasteiger partial charge in [-0.25, -0.2) is 8.78 Å². The van der Waals surface area contributed by atoms with E-state index >= 15 is 0 Å². The van der Waals surface area contributed by atoms with Crippen molar-refractivity contribution >= 4 is 17.9 Å². The quantitative estimate of drug-likeness (QED) is 0.632. The minimum Gasteiger partial charge on any atom is -0.465 e. The van der Waals surface area contributed by atoms with Crippen molar-refractivity contribution in [3.8, 4) is 0 Å². The lowest BCUT2D eigenvalue weighted by molar-refractivity contribution is -0.116. The summed E-state index contributed by atoms with van der Waals surface area (Å²) in [6.45, 7) is 0.149. The van der Waals surface area contributed by atoms with Crippen molar-refractivity contribution < 1.29 is 22.8 Å². The number of carbonyl (C=O) groups is 2. The van der Waals surface area contributed by atoms with Crippen LogP contribution in [0.25, 0.3) is 6.08 Å². The van der Waals surface area contributed by atoms with Crippen LogP contribution in [0.1, 0.15) is 16.1 Å². The molecule has 0 spiro atoms. The second-order valence-electron chi connectivity index (χ2n) is 4.49. The Balaban J connectivity index is 1.75. The minimum atomic E-state index is -0.937. The van der Waals surface area contributed by atoms with Crippen molar-refractivity contribution in [1.82, 2.24) is 10.6 Å². The van der Waals surface area contributed by atoms with Crippen molar-refractivity contribution in [3.63, 3.8) is 0 Å². The maximum absolute atomic E-state index is 13.4. The van der Waals surface area contributed by atoms with Crippen molar-refractivity contribution in [3.05, 3.63) is 65.6 Å². The minimum absolute atomic E-state index is 0.0347. The van der Waals surface area contributed by atoms with Crippen LogP contribution in [0, 0.1) is 11.6 Å². The number of nitrogens with one attached hydrogen (secondary N) is 2. The average Bonchev–Trinajstić information content (AvgIpc) is 3.03. The van der Waals surface area contributed by atoms with E-state index in [2.05, 4.69) is 10.6 Å². The average molecular weight is 320 g/mol. The van der Waals surface area contributed by atoms with Crippen LogP contribution >= 0.6 is 0 Å². The van der Waals surface area contributed by atoms with Gasteiger partial charge >= 0.3 is 0 Å². The van der Waals surface area contributed by atoms with E-state index in [1.54, 1.807) is 12.1 Å². The van der Waals surface area contributed by atoms with Crippen LogP contribution in [0.3, 0.4) is 0 Å². The first-order valence-corrected chi connectivity index (χ1v) is 6.79. The molecule has 0 saturated heterocycles. The topological polar surface area (TPSA) is 71.3 Å². The molecule has 1 aromatic carbocycles. The fraction of sp³-hybridized carbons (Fsp3) is 0.125. The first-order chi connectivity index (χ1) is 11.1. The molecule has 0 radical (unpaired) electrons. The Kier molecular flexibility index (Phi) is 5.62. The van der Waals surface area contributed by atoms with Crippen LogP contribution in [0.4, 0.5) is 8.78 Å². The monoisotopic (exact) mass is 320 g/mol. The van der Waals surface area contributed by atoms with Gasteiger partial charge in [-0.05, 0) is 30.3 Å². The molecule has 2 amide bonds. The highest BCUT2D eigenvalue weighted by molar-refractivity contribution is 5.95. The molecule has 0 fully saturated rings. The van der Waals surface area contributed by atoms with Gasteiger partial charge in [0.1, 0.15) is 23.0 Å². The van der Waals surface area contributed by atoms with Gasteiger partial charge in [-0.1, -0.05) is 6.07 Å². The molecule has 0 aliphatic carbocycles. The third-order valence-corrected chi connectivity index (χ3v) is 2.84. The Hall–Kier alpha value is -2.96. The van der Waals surface area contributed by atoms with Crippen LogP contribution in [0.5, 0.6) is 0 Å². The van der Waals surface area contributed by atoms with Crippen LogP contribution in [-0.4, -0.2) is 24.9 Å². The third kappa shape index (κ3) is 4.77. The zero-order valence-corrected chi connectivity index (χ0v) is 12.0. The van der Waals surface area contributed by atoms with Crippen molar-refractivity contribution in [2.24, 2.45) is 0 Å². The maximum atomic E-state index is 13.4. The van der Waals surface area contributed by atoms with E-state index < -0.39 is 23.1 Å². The number of hydrogen-bond donors (Lipinski definition) is 2. The number of hydrogen-bond acceptors (Lipinski definition) is 3. The predicted octanol–water partition coefficient (Wildman–Crippen LogP) is 2.12. The highest BCUT2D eigenvalue weighted by Gasteiger charge is 2.16. The Morgan fingerprint density at radius 3 is 2.39 bits per heavy atom. The first-order valence-electron chi connectivity index (χ1n) is 6.79. The molecule has 1 aromatic heterocycles. The molecule has 2 aromatic rings. The standard InChI is InChI=1S/C16H14F2N2O3/c17-12-4-1-5-13(18)15(12)16(22)20-9-8-19-14(21)7-6-11-3-2-10-23-11/h1-7,10H,8-9H2,(H,19,21)(H,20,22). The summed E-state index contributed by atoms with van der Waals surface area (Å²) in [4.78, 5) is 23.2. The second-order valence-corrected chi connectivity index (χ2v) is 4.49. The summed E-state index contributed by atoms with van der Waals surface area (Å²) in [5, 5.41) is 4.84. The number of benzene rings is 1. The fourth-order valence-corrected chi connectivity index (χ4v) is 1.77. The van der Waals surface area contributed by atoms with Crippen molar-refractivity contribution in [1.29, 1.82) is 0 Å². The molecule has 0 atom stereocenters. The smallest absolute Gasteiger partial charge is 0.257 e. The van der Waals surface area contributed by atoms with E-state index in [0.717, 1.165) is 12.1 Å². The number of furan rings is 1. The lowest BCUT2D eigenvalue weighted by Crippen LogP contribution is -2.34. The predicted molar refractivity (Wildman–Crippen MR) is 79.4 cm³/mol. The molecule has 0 unspecified atom stereocenters. The molecular weight excluding hydrogens is 306 g/mol. The van der Waals surface area contributed by atoms with Gasteiger partial charge in [-0.15, -0.1) is 0 Å². The van der Waals surface area contributed by atoms with Crippen molar-refractivity contribution in [2.75, 3.05) is 13.1 Å². The van der Waals surface area contributed by atoms with Gasteiger partial charge in [0.05, 0.1) is 6.26 Å². The molecule has 1 heterocycles. The highest BCUT2D eigenvalue weighted by atomic mass is 19.1. The first kappa shape index (κ1) is 16.4. The molecule has 23 heavy (non-hydrogen) atoms. The molecule has 0 aliphatic heterocycles. The summed E-state index contributed by atoms with van der Waals surface area (Å²) in [6.07, 6.45) is 4.24. The molecule has 0 bridgehead atoms. The van der Waals surface area contributed by atoms with Gasteiger partial charge in [0.25, 0.3) is 5.91 Å². The second kappa shape index (κ2) is 7.88. The summed E-state index contributed by atoms with van der Waals surface area (Å²) in [5.41, 5.74) is -0.642. The summed E-state index contributed by atoms with van der Waals surface area (Å²) in [7, 11) is 0. The lowest BCUT2D eigenvalue weighted by Gasteiger charge is -2.07. The van der Waals surface area contributed by atoms with E-state index in [1.807, 2.05) is 0 Å². The Bertz CT molecular complexity index is 692. The third-order valence-electron chi connectivity index (χ3n) is 2.84. The van der Waals surface area contributed by atoms with Gasteiger partial charge in [0, 0.05) is 19.2 Å². The largest absolute Gasteiger partial charge is 0.465 e. The summed E-state index contributed by atoms with van der Waals surface area (Å²) in [6, 6.07) is 6.55. The molecule has 5 nitrogen and oxygen atoms in total.